The fourth-order valence-corrected chi connectivity index (χ4v) is 2.31. The van der Waals surface area contributed by atoms with E-state index in [2.05, 4.69) is 36.2 Å². The molecule has 0 aliphatic rings. The number of carbonyl (C=O) groups excluding carboxylic acids is 2. The van der Waals surface area contributed by atoms with Gasteiger partial charge in [-0.25, -0.2) is 14.8 Å². The summed E-state index contributed by atoms with van der Waals surface area (Å²) >= 11 is 0. The number of rotatable bonds is 6. The molecule has 0 aliphatic carbocycles. The van der Waals surface area contributed by atoms with Gasteiger partial charge in [0.05, 0.1) is 18.1 Å². The molecule has 0 unspecified atom stereocenters. The van der Waals surface area contributed by atoms with Gasteiger partial charge in [-0.3, -0.25) is 15.1 Å². The number of carbonyl (C=O) groups is 2. The van der Waals surface area contributed by atoms with Gasteiger partial charge in [0, 0.05) is 18.4 Å². The molecule has 0 bridgehead atoms. The van der Waals surface area contributed by atoms with E-state index in [9.17, 15) is 9.59 Å². The van der Waals surface area contributed by atoms with E-state index in [4.69, 9.17) is 0 Å². The van der Waals surface area contributed by atoms with Crippen LogP contribution in [0.1, 0.15) is 17.4 Å². The van der Waals surface area contributed by atoms with Gasteiger partial charge in [-0.2, -0.15) is 0 Å². The Balaban J connectivity index is 1.88. The SMILES string of the molecule is CCNC(=O)Nc1cnc(C(=O)Nc2cccnc2)c(Nc2ccccc2)n1. The van der Waals surface area contributed by atoms with Gasteiger partial charge in [-0.15, -0.1) is 0 Å². The van der Waals surface area contributed by atoms with Crippen LogP contribution in [0.4, 0.5) is 27.8 Å². The highest BCUT2D eigenvalue weighted by molar-refractivity contribution is 6.06. The van der Waals surface area contributed by atoms with Gasteiger partial charge in [0.1, 0.15) is 0 Å². The molecule has 2 aromatic heterocycles. The number of nitrogens with zero attached hydrogens (tertiary/aromatic N) is 3. The third kappa shape index (κ3) is 5.01. The topological polar surface area (TPSA) is 121 Å². The Morgan fingerprint density at radius 1 is 0.964 bits per heavy atom. The highest BCUT2D eigenvalue weighted by Crippen LogP contribution is 2.20. The van der Waals surface area contributed by atoms with E-state index >= 15 is 0 Å². The predicted molar refractivity (Wildman–Crippen MR) is 107 cm³/mol. The van der Waals surface area contributed by atoms with E-state index in [-0.39, 0.29) is 17.3 Å². The quantitative estimate of drug-likeness (QED) is 0.524. The lowest BCUT2D eigenvalue weighted by atomic mass is 10.3. The molecule has 0 fully saturated rings. The van der Waals surface area contributed by atoms with Crippen molar-refractivity contribution >= 4 is 34.9 Å². The molecule has 9 heteroatoms. The van der Waals surface area contributed by atoms with Crippen molar-refractivity contribution < 1.29 is 9.59 Å². The van der Waals surface area contributed by atoms with Gasteiger partial charge >= 0.3 is 6.03 Å². The summed E-state index contributed by atoms with van der Waals surface area (Å²) in [6, 6.07) is 12.2. The lowest BCUT2D eigenvalue weighted by molar-refractivity contribution is 0.102. The first kappa shape index (κ1) is 18.8. The van der Waals surface area contributed by atoms with Crippen LogP contribution in [0.25, 0.3) is 0 Å². The predicted octanol–water partition coefficient (Wildman–Crippen LogP) is 3.01. The standard InChI is InChI=1S/C19H19N7O2/c1-2-21-19(28)26-15-12-22-16(18(27)24-14-9-6-10-20-11-14)17(25-15)23-13-7-4-3-5-8-13/h3-12H,2H2,1H3,(H,24,27)(H3,21,23,25,26,28). The second kappa shape index (κ2) is 9.08. The van der Waals surface area contributed by atoms with Crippen molar-refractivity contribution in [2.75, 3.05) is 22.5 Å². The van der Waals surface area contributed by atoms with Crippen LogP contribution in [0, 0.1) is 0 Å². The summed E-state index contributed by atoms with van der Waals surface area (Å²) in [5, 5.41) is 11.0. The molecule has 142 valence electrons. The van der Waals surface area contributed by atoms with Crippen molar-refractivity contribution in [1.29, 1.82) is 0 Å². The number of amides is 3. The number of aromatic nitrogens is 3. The molecule has 0 saturated carbocycles. The Labute approximate surface area is 161 Å². The number of urea groups is 1. The van der Waals surface area contributed by atoms with E-state index in [1.54, 1.807) is 25.3 Å². The maximum Gasteiger partial charge on any atom is 0.320 e. The Hall–Kier alpha value is -4.01. The number of para-hydroxylation sites is 1. The molecule has 2 heterocycles. The minimum atomic E-state index is -0.455. The second-order valence-corrected chi connectivity index (χ2v) is 5.62. The van der Waals surface area contributed by atoms with Gasteiger partial charge in [0.25, 0.3) is 5.91 Å². The highest BCUT2D eigenvalue weighted by atomic mass is 16.2. The third-order valence-corrected chi connectivity index (χ3v) is 3.52. The molecule has 3 aromatic rings. The van der Waals surface area contributed by atoms with Crippen molar-refractivity contribution in [3.8, 4) is 0 Å². The molecule has 3 rings (SSSR count). The molecular weight excluding hydrogens is 358 g/mol. The van der Waals surface area contributed by atoms with Crippen molar-refractivity contribution in [2.24, 2.45) is 0 Å². The molecule has 4 N–H and O–H groups in total. The zero-order valence-electron chi connectivity index (χ0n) is 15.1. The Bertz CT molecular complexity index is 949. The summed E-state index contributed by atoms with van der Waals surface area (Å²) in [5.74, 6) is -0.0345. The van der Waals surface area contributed by atoms with Gasteiger partial charge in [0.2, 0.25) is 0 Å². The van der Waals surface area contributed by atoms with Gasteiger partial charge in [0.15, 0.2) is 17.3 Å². The first-order valence-electron chi connectivity index (χ1n) is 8.61. The molecule has 0 spiro atoms. The number of nitrogens with one attached hydrogen (secondary N) is 4. The maximum atomic E-state index is 12.7. The van der Waals surface area contributed by atoms with Gasteiger partial charge in [-0.05, 0) is 31.2 Å². The first-order valence-corrected chi connectivity index (χ1v) is 8.61. The van der Waals surface area contributed by atoms with Crippen LogP contribution in [-0.4, -0.2) is 33.4 Å². The molecule has 0 aliphatic heterocycles. The van der Waals surface area contributed by atoms with Crippen molar-refractivity contribution in [3.63, 3.8) is 0 Å². The number of pyridine rings is 1. The lowest BCUT2D eigenvalue weighted by Gasteiger charge is -2.13. The van der Waals surface area contributed by atoms with Crippen LogP contribution in [0.3, 0.4) is 0 Å². The van der Waals surface area contributed by atoms with Crippen LogP contribution in [0.15, 0.2) is 61.1 Å². The Morgan fingerprint density at radius 2 is 1.75 bits per heavy atom. The average molecular weight is 377 g/mol. The van der Waals surface area contributed by atoms with Crippen LogP contribution >= 0.6 is 0 Å². The van der Waals surface area contributed by atoms with E-state index in [1.165, 1.54) is 12.4 Å². The zero-order chi connectivity index (χ0) is 19.8. The van der Waals surface area contributed by atoms with E-state index < -0.39 is 11.9 Å². The molecule has 1 aromatic carbocycles. The zero-order valence-corrected chi connectivity index (χ0v) is 15.1. The smallest absolute Gasteiger partial charge is 0.320 e. The van der Waals surface area contributed by atoms with E-state index in [0.29, 0.717) is 12.2 Å². The molecule has 0 atom stereocenters. The number of anilines is 4. The largest absolute Gasteiger partial charge is 0.338 e. The summed E-state index contributed by atoms with van der Waals surface area (Å²) in [5.41, 5.74) is 1.33. The molecule has 0 radical (unpaired) electrons. The molecular formula is C19H19N7O2. The van der Waals surface area contributed by atoms with Crippen molar-refractivity contribution in [3.05, 3.63) is 66.7 Å². The second-order valence-electron chi connectivity index (χ2n) is 5.62. The van der Waals surface area contributed by atoms with Crippen molar-refractivity contribution in [2.45, 2.75) is 6.92 Å². The minimum Gasteiger partial charge on any atom is -0.338 e. The fourth-order valence-electron chi connectivity index (χ4n) is 2.31. The summed E-state index contributed by atoms with van der Waals surface area (Å²) in [4.78, 5) is 36.9. The Morgan fingerprint density at radius 3 is 2.46 bits per heavy atom. The normalized spacial score (nSPS) is 10.0. The fraction of sp³-hybridized carbons (Fsp3) is 0.105. The first-order chi connectivity index (χ1) is 13.7. The summed E-state index contributed by atoms with van der Waals surface area (Å²) < 4.78 is 0. The average Bonchev–Trinajstić information content (AvgIpc) is 2.70. The molecule has 3 amide bonds. The number of benzene rings is 1. The third-order valence-electron chi connectivity index (χ3n) is 3.52. The van der Waals surface area contributed by atoms with Crippen LogP contribution < -0.4 is 21.3 Å². The van der Waals surface area contributed by atoms with Crippen LogP contribution in [-0.2, 0) is 0 Å². The van der Waals surface area contributed by atoms with Gasteiger partial charge < -0.3 is 16.0 Å². The summed E-state index contributed by atoms with van der Waals surface area (Å²) in [6.07, 6.45) is 4.46. The van der Waals surface area contributed by atoms with Crippen molar-refractivity contribution in [1.82, 2.24) is 20.3 Å². The van der Waals surface area contributed by atoms with E-state index in [0.717, 1.165) is 5.69 Å². The Kier molecular flexibility index (Phi) is 6.09. The summed E-state index contributed by atoms with van der Waals surface area (Å²) in [6.45, 7) is 2.28. The lowest BCUT2D eigenvalue weighted by Crippen LogP contribution is -2.29. The molecule has 9 nitrogen and oxygen atoms in total. The van der Waals surface area contributed by atoms with E-state index in [1.807, 2.05) is 30.3 Å². The molecule has 0 saturated heterocycles. The monoisotopic (exact) mass is 377 g/mol. The van der Waals surface area contributed by atoms with Gasteiger partial charge in [-0.1, -0.05) is 18.2 Å². The molecule has 28 heavy (non-hydrogen) atoms. The minimum absolute atomic E-state index is 0.0779. The number of hydrogen-bond donors (Lipinski definition) is 4. The van der Waals surface area contributed by atoms with Crippen LogP contribution in [0.5, 0.6) is 0 Å². The van der Waals surface area contributed by atoms with Crippen LogP contribution in [0.2, 0.25) is 0 Å². The summed E-state index contributed by atoms with van der Waals surface area (Å²) in [7, 11) is 0. The number of hydrogen-bond acceptors (Lipinski definition) is 6. The maximum absolute atomic E-state index is 12.7. The highest BCUT2D eigenvalue weighted by Gasteiger charge is 2.17.